The molecule has 0 aliphatic heterocycles. The van der Waals surface area contributed by atoms with E-state index in [1.807, 2.05) is 23.9 Å². The summed E-state index contributed by atoms with van der Waals surface area (Å²) in [5.41, 5.74) is 6.98. The summed E-state index contributed by atoms with van der Waals surface area (Å²) in [5.74, 6) is 0. The largest absolute Gasteiger partial charge is 0.380 e. The van der Waals surface area contributed by atoms with Crippen LogP contribution in [-0.4, -0.2) is 29.0 Å². The minimum atomic E-state index is 0.0419. The van der Waals surface area contributed by atoms with E-state index in [1.54, 1.807) is 0 Å². The summed E-state index contributed by atoms with van der Waals surface area (Å²) in [6.45, 7) is 7.62. The second-order valence-electron chi connectivity index (χ2n) is 4.17. The van der Waals surface area contributed by atoms with Gasteiger partial charge >= 0.3 is 0 Å². The summed E-state index contributed by atoms with van der Waals surface area (Å²) >= 11 is 0. The molecule has 2 N–H and O–H groups in total. The van der Waals surface area contributed by atoms with Crippen LogP contribution in [0.25, 0.3) is 0 Å². The van der Waals surface area contributed by atoms with Gasteiger partial charge < -0.3 is 10.5 Å². The lowest BCUT2D eigenvalue weighted by molar-refractivity contribution is 0.133. The number of aromatic nitrogens is 2. The standard InChI is InChI=1S/C12H23N3O/c1-4-10(3)15-7-6-12(14-15)8-11(13)9-16-5-2/h6-7,10-11H,4-5,8-9,13H2,1-3H3. The normalized spacial score (nSPS) is 15.0. The van der Waals surface area contributed by atoms with Gasteiger partial charge in [0.1, 0.15) is 0 Å². The number of hydrogen-bond acceptors (Lipinski definition) is 3. The van der Waals surface area contributed by atoms with Gasteiger partial charge in [-0.3, -0.25) is 4.68 Å². The lowest BCUT2D eigenvalue weighted by Crippen LogP contribution is -2.28. The fourth-order valence-corrected chi connectivity index (χ4v) is 1.52. The van der Waals surface area contributed by atoms with Gasteiger partial charge in [0.25, 0.3) is 0 Å². The van der Waals surface area contributed by atoms with Crippen molar-refractivity contribution >= 4 is 0 Å². The summed E-state index contributed by atoms with van der Waals surface area (Å²) in [4.78, 5) is 0. The van der Waals surface area contributed by atoms with Crippen molar-refractivity contribution in [3.63, 3.8) is 0 Å². The lowest BCUT2D eigenvalue weighted by Gasteiger charge is -2.10. The average molecular weight is 225 g/mol. The summed E-state index contributed by atoms with van der Waals surface area (Å²) < 4.78 is 7.29. The van der Waals surface area contributed by atoms with Gasteiger partial charge in [-0.05, 0) is 26.3 Å². The average Bonchev–Trinajstić information content (AvgIpc) is 2.73. The molecule has 2 atom stereocenters. The van der Waals surface area contributed by atoms with Gasteiger partial charge in [-0.1, -0.05) is 6.92 Å². The molecule has 0 radical (unpaired) electrons. The summed E-state index contributed by atoms with van der Waals surface area (Å²) in [7, 11) is 0. The molecule has 0 fully saturated rings. The fraction of sp³-hybridized carbons (Fsp3) is 0.750. The van der Waals surface area contributed by atoms with E-state index in [4.69, 9.17) is 10.5 Å². The van der Waals surface area contributed by atoms with Gasteiger partial charge in [-0.2, -0.15) is 5.10 Å². The minimum absolute atomic E-state index is 0.0419. The van der Waals surface area contributed by atoms with Crippen molar-refractivity contribution in [3.05, 3.63) is 18.0 Å². The molecule has 2 unspecified atom stereocenters. The first-order valence-electron chi connectivity index (χ1n) is 6.04. The molecule has 0 saturated carbocycles. The first-order chi connectivity index (χ1) is 7.67. The van der Waals surface area contributed by atoms with Crippen molar-refractivity contribution in [1.29, 1.82) is 0 Å². The fourth-order valence-electron chi connectivity index (χ4n) is 1.52. The molecule has 1 rings (SSSR count). The predicted molar refractivity (Wildman–Crippen MR) is 65.4 cm³/mol. The molecular weight excluding hydrogens is 202 g/mol. The smallest absolute Gasteiger partial charge is 0.0641 e. The van der Waals surface area contributed by atoms with Crippen LogP contribution in [-0.2, 0) is 11.2 Å². The van der Waals surface area contributed by atoms with Crippen LogP contribution in [0.2, 0.25) is 0 Å². The second kappa shape index (κ2) is 6.66. The minimum Gasteiger partial charge on any atom is -0.380 e. The highest BCUT2D eigenvalue weighted by Crippen LogP contribution is 2.09. The molecule has 0 amide bonds. The molecule has 0 aromatic carbocycles. The van der Waals surface area contributed by atoms with Crippen LogP contribution < -0.4 is 5.73 Å². The molecule has 4 nitrogen and oxygen atoms in total. The van der Waals surface area contributed by atoms with Crippen molar-refractivity contribution in [1.82, 2.24) is 9.78 Å². The first-order valence-corrected chi connectivity index (χ1v) is 6.04. The van der Waals surface area contributed by atoms with Gasteiger partial charge in [-0.15, -0.1) is 0 Å². The van der Waals surface area contributed by atoms with Crippen molar-refractivity contribution in [3.8, 4) is 0 Å². The van der Waals surface area contributed by atoms with Crippen LogP contribution in [0.5, 0.6) is 0 Å². The molecule has 0 aliphatic rings. The molecule has 1 aromatic rings. The topological polar surface area (TPSA) is 53.1 Å². The Morgan fingerprint density at radius 2 is 2.25 bits per heavy atom. The zero-order valence-electron chi connectivity index (χ0n) is 10.5. The van der Waals surface area contributed by atoms with Gasteiger partial charge in [0.15, 0.2) is 0 Å². The maximum absolute atomic E-state index is 5.94. The third kappa shape index (κ3) is 3.94. The highest BCUT2D eigenvalue weighted by atomic mass is 16.5. The SMILES string of the molecule is CCOCC(N)Cc1ccn(C(C)CC)n1. The van der Waals surface area contributed by atoms with Crippen molar-refractivity contribution in [2.75, 3.05) is 13.2 Å². The van der Waals surface area contributed by atoms with E-state index in [9.17, 15) is 0 Å². The van der Waals surface area contributed by atoms with Crippen LogP contribution in [0.3, 0.4) is 0 Å². The van der Waals surface area contributed by atoms with Crippen LogP contribution in [0.1, 0.15) is 38.9 Å². The third-order valence-corrected chi connectivity index (χ3v) is 2.71. The molecule has 0 aliphatic carbocycles. The van der Waals surface area contributed by atoms with E-state index in [0.717, 1.165) is 25.1 Å². The lowest BCUT2D eigenvalue weighted by atomic mass is 10.2. The van der Waals surface area contributed by atoms with Crippen LogP contribution in [0.15, 0.2) is 12.3 Å². The van der Waals surface area contributed by atoms with Crippen LogP contribution in [0.4, 0.5) is 0 Å². The number of ether oxygens (including phenoxy) is 1. The molecule has 4 heteroatoms. The number of rotatable bonds is 7. The Kier molecular flexibility index (Phi) is 5.49. The highest BCUT2D eigenvalue weighted by molar-refractivity contribution is 5.01. The molecule has 1 aromatic heterocycles. The molecule has 0 bridgehead atoms. The zero-order chi connectivity index (χ0) is 12.0. The van der Waals surface area contributed by atoms with E-state index in [2.05, 4.69) is 18.9 Å². The molecule has 16 heavy (non-hydrogen) atoms. The van der Waals surface area contributed by atoms with Crippen molar-refractivity contribution < 1.29 is 4.74 Å². The van der Waals surface area contributed by atoms with E-state index < -0.39 is 0 Å². The maximum atomic E-state index is 5.94. The number of nitrogens with two attached hydrogens (primary N) is 1. The Labute approximate surface area is 97.8 Å². The van der Waals surface area contributed by atoms with Gasteiger partial charge in [-0.25, -0.2) is 0 Å². The molecule has 0 spiro atoms. The molecule has 1 heterocycles. The Morgan fingerprint density at radius 3 is 2.88 bits per heavy atom. The van der Waals surface area contributed by atoms with E-state index in [-0.39, 0.29) is 6.04 Å². The van der Waals surface area contributed by atoms with Crippen LogP contribution in [0, 0.1) is 0 Å². The van der Waals surface area contributed by atoms with Gasteiger partial charge in [0, 0.05) is 31.3 Å². The summed E-state index contributed by atoms with van der Waals surface area (Å²) in [5, 5.41) is 4.51. The predicted octanol–water partition coefficient (Wildman–Crippen LogP) is 1.76. The summed E-state index contributed by atoms with van der Waals surface area (Å²) in [6, 6.07) is 2.54. The Morgan fingerprint density at radius 1 is 1.50 bits per heavy atom. The maximum Gasteiger partial charge on any atom is 0.0641 e. The van der Waals surface area contributed by atoms with Crippen LogP contribution >= 0.6 is 0 Å². The Bertz CT molecular complexity index is 298. The second-order valence-corrected chi connectivity index (χ2v) is 4.17. The molecular formula is C12H23N3O. The van der Waals surface area contributed by atoms with E-state index in [1.165, 1.54) is 0 Å². The quantitative estimate of drug-likeness (QED) is 0.769. The van der Waals surface area contributed by atoms with Gasteiger partial charge in [0.2, 0.25) is 0 Å². The molecule has 0 saturated heterocycles. The summed E-state index contributed by atoms with van der Waals surface area (Å²) in [6.07, 6.45) is 3.90. The Balaban J connectivity index is 2.45. The van der Waals surface area contributed by atoms with Crippen molar-refractivity contribution in [2.24, 2.45) is 5.73 Å². The first kappa shape index (κ1) is 13.2. The third-order valence-electron chi connectivity index (χ3n) is 2.71. The van der Waals surface area contributed by atoms with Crippen molar-refractivity contribution in [2.45, 2.75) is 45.7 Å². The zero-order valence-corrected chi connectivity index (χ0v) is 10.5. The molecule has 92 valence electrons. The highest BCUT2D eigenvalue weighted by Gasteiger charge is 2.08. The van der Waals surface area contributed by atoms with E-state index >= 15 is 0 Å². The number of hydrogen-bond donors (Lipinski definition) is 1. The van der Waals surface area contributed by atoms with E-state index in [0.29, 0.717) is 12.6 Å². The Hall–Kier alpha value is -0.870. The van der Waals surface area contributed by atoms with Gasteiger partial charge in [0.05, 0.1) is 12.3 Å². The monoisotopic (exact) mass is 225 g/mol. The number of nitrogens with zero attached hydrogens (tertiary/aromatic N) is 2.